The first-order chi connectivity index (χ1) is 13.3. The first-order valence-electron chi connectivity index (χ1n) is 9.80. The molecule has 2 aromatic rings. The minimum atomic E-state index is 0. The van der Waals surface area contributed by atoms with Crippen molar-refractivity contribution in [1.29, 1.82) is 0 Å². The molecule has 0 radical (unpaired) electrons. The number of aromatic nitrogens is 2. The zero-order valence-corrected chi connectivity index (χ0v) is 16.5. The summed E-state index contributed by atoms with van der Waals surface area (Å²) in [6.07, 6.45) is 7.20. The fourth-order valence-corrected chi connectivity index (χ4v) is 4.49. The van der Waals surface area contributed by atoms with Crippen LogP contribution in [0.25, 0.3) is 11.5 Å². The van der Waals surface area contributed by atoms with Crippen LogP contribution in [0.4, 0.5) is 0 Å². The van der Waals surface area contributed by atoms with Crippen LogP contribution in [-0.2, 0) is 22.5 Å². The number of carbonyl (C=O) groups is 1. The van der Waals surface area contributed by atoms with Crippen LogP contribution in [0.3, 0.4) is 0 Å². The molecule has 28 heavy (non-hydrogen) atoms. The summed E-state index contributed by atoms with van der Waals surface area (Å²) in [4.78, 5) is 23.8. The molecule has 2 aromatic heterocycles. The number of carbonyl (C=O) groups excluding carboxylic acids is 1. The third-order valence-corrected chi connectivity index (χ3v) is 5.92. The Bertz CT molecular complexity index is 828. The third-order valence-electron chi connectivity index (χ3n) is 5.92. The number of oxazole rings is 1. The molecule has 8 heteroatoms. The lowest BCUT2D eigenvalue weighted by Gasteiger charge is -2.40. The van der Waals surface area contributed by atoms with Crippen molar-refractivity contribution in [2.45, 2.75) is 44.4 Å². The maximum atomic E-state index is 13.1. The van der Waals surface area contributed by atoms with Gasteiger partial charge in [-0.25, -0.2) is 4.98 Å². The zero-order valence-electron chi connectivity index (χ0n) is 15.7. The number of rotatable bonds is 2. The van der Waals surface area contributed by atoms with Gasteiger partial charge in [0.15, 0.2) is 0 Å². The summed E-state index contributed by atoms with van der Waals surface area (Å²) < 4.78 is 11.8. The van der Waals surface area contributed by atoms with Crippen LogP contribution in [0, 0.1) is 5.92 Å². The smallest absolute Gasteiger partial charge is 0.228 e. The van der Waals surface area contributed by atoms with Crippen molar-refractivity contribution >= 4 is 18.3 Å². The summed E-state index contributed by atoms with van der Waals surface area (Å²) in [6.45, 7) is 2.89. The number of fused-ring (bicyclic) bond motifs is 2. The number of amides is 1. The van der Waals surface area contributed by atoms with Gasteiger partial charge in [-0.1, -0.05) is 0 Å². The molecule has 3 atom stereocenters. The maximum absolute atomic E-state index is 13.1. The summed E-state index contributed by atoms with van der Waals surface area (Å²) in [7, 11) is 0. The SMILES string of the molecule is Cl.O=C([C@H]1CC[C@H]2OCCN[C@@H]2C1)N1CCc2oc(-c3cccnc3)nc2C1. The summed E-state index contributed by atoms with van der Waals surface area (Å²) in [5, 5.41) is 3.52. The molecule has 3 aliphatic rings. The summed E-state index contributed by atoms with van der Waals surface area (Å²) in [6, 6.07) is 4.12. The highest BCUT2D eigenvalue weighted by atomic mass is 35.5. The summed E-state index contributed by atoms with van der Waals surface area (Å²) in [5.41, 5.74) is 1.74. The number of hydrogen-bond acceptors (Lipinski definition) is 6. The lowest BCUT2D eigenvalue weighted by Crippen LogP contribution is -2.53. The van der Waals surface area contributed by atoms with Gasteiger partial charge >= 0.3 is 0 Å². The van der Waals surface area contributed by atoms with E-state index in [9.17, 15) is 4.79 Å². The molecule has 0 unspecified atom stereocenters. The van der Waals surface area contributed by atoms with Gasteiger partial charge in [-0.15, -0.1) is 12.4 Å². The molecule has 2 aliphatic heterocycles. The largest absolute Gasteiger partial charge is 0.441 e. The Kier molecular flexibility index (Phi) is 5.66. The molecule has 1 saturated heterocycles. The van der Waals surface area contributed by atoms with Crippen molar-refractivity contribution in [2.75, 3.05) is 19.7 Å². The zero-order chi connectivity index (χ0) is 18.2. The Morgan fingerprint density at radius 1 is 1.32 bits per heavy atom. The molecule has 1 amide bonds. The second kappa shape index (κ2) is 8.19. The predicted molar refractivity (Wildman–Crippen MR) is 105 cm³/mol. The monoisotopic (exact) mass is 404 g/mol. The Morgan fingerprint density at radius 2 is 2.25 bits per heavy atom. The van der Waals surface area contributed by atoms with E-state index >= 15 is 0 Å². The maximum Gasteiger partial charge on any atom is 0.228 e. The van der Waals surface area contributed by atoms with Crippen LogP contribution in [0.5, 0.6) is 0 Å². The van der Waals surface area contributed by atoms with E-state index in [1.807, 2.05) is 17.0 Å². The fraction of sp³-hybridized carbons (Fsp3) is 0.550. The van der Waals surface area contributed by atoms with Crippen molar-refractivity contribution in [3.05, 3.63) is 36.0 Å². The topological polar surface area (TPSA) is 80.5 Å². The molecular formula is C20H25ClN4O3. The number of nitrogens with zero attached hydrogens (tertiary/aromatic N) is 3. The Hall–Kier alpha value is -1.96. The van der Waals surface area contributed by atoms with Gasteiger partial charge in [0.05, 0.1) is 24.8 Å². The number of halogens is 1. The third kappa shape index (κ3) is 3.66. The van der Waals surface area contributed by atoms with Crippen molar-refractivity contribution in [1.82, 2.24) is 20.2 Å². The van der Waals surface area contributed by atoms with Crippen molar-refractivity contribution in [2.24, 2.45) is 5.92 Å². The molecule has 2 fully saturated rings. The average molecular weight is 405 g/mol. The number of hydrogen-bond donors (Lipinski definition) is 1. The first-order valence-corrected chi connectivity index (χ1v) is 9.80. The van der Waals surface area contributed by atoms with E-state index in [1.165, 1.54) is 0 Å². The van der Waals surface area contributed by atoms with E-state index in [4.69, 9.17) is 9.15 Å². The highest BCUT2D eigenvalue weighted by Gasteiger charge is 2.38. The van der Waals surface area contributed by atoms with Gasteiger partial charge in [0.2, 0.25) is 11.8 Å². The summed E-state index contributed by atoms with van der Waals surface area (Å²) >= 11 is 0. The molecule has 5 rings (SSSR count). The molecule has 4 heterocycles. The van der Waals surface area contributed by atoms with E-state index in [0.29, 0.717) is 31.4 Å². The number of morpholine rings is 1. The minimum Gasteiger partial charge on any atom is -0.441 e. The molecule has 150 valence electrons. The highest BCUT2D eigenvalue weighted by Crippen LogP contribution is 2.32. The predicted octanol–water partition coefficient (Wildman–Crippen LogP) is 2.20. The Morgan fingerprint density at radius 3 is 3.11 bits per heavy atom. The van der Waals surface area contributed by atoms with Gasteiger partial charge in [-0.2, -0.15) is 0 Å². The minimum absolute atomic E-state index is 0. The average Bonchev–Trinajstić information content (AvgIpc) is 3.17. The highest BCUT2D eigenvalue weighted by molar-refractivity contribution is 5.85. The second-order valence-corrected chi connectivity index (χ2v) is 7.62. The van der Waals surface area contributed by atoms with E-state index in [0.717, 1.165) is 49.4 Å². The Labute approximate surface area is 170 Å². The van der Waals surface area contributed by atoms with Gasteiger partial charge in [-0.05, 0) is 31.4 Å². The molecule has 0 spiro atoms. The van der Waals surface area contributed by atoms with Crippen LogP contribution in [0.15, 0.2) is 28.9 Å². The normalized spacial score (nSPS) is 26.7. The van der Waals surface area contributed by atoms with Crippen LogP contribution < -0.4 is 5.32 Å². The van der Waals surface area contributed by atoms with Crippen LogP contribution in [0.1, 0.15) is 30.7 Å². The van der Waals surface area contributed by atoms with Crippen LogP contribution >= 0.6 is 12.4 Å². The van der Waals surface area contributed by atoms with Gasteiger partial charge in [0.25, 0.3) is 0 Å². The standard InChI is InChI=1S/C20H24N4O3.ClH/c25-20(13-3-4-17-15(10-13)22-7-9-26-17)24-8-5-18-16(12-24)23-19(27-18)14-2-1-6-21-11-14;/h1-2,6,11,13,15,17,22H,3-5,7-10,12H2;1H/t13-,15+,17+;/m0./s1. The van der Waals surface area contributed by atoms with E-state index in [2.05, 4.69) is 15.3 Å². The van der Waals surface area contributed by atoms with Gasteiger partial charge in [0.1, 0.15) is 11.5 Å². The molecule has 1 aliphatic carbocycles. The van der Waals surface area contributed by atoms with Crippen molar-refractivity contribution < 1.29 is 13.9 Å². The number of nitrogens with one attached hydrogen (secondary N) is 1. The summed E-state index contributed by atoms with van der Waals surface area (Å²) in [5.74, 6) is 1.81. The molecule has 1 saturated carbocycles. The van der Waals surface area contributed by atoms with Crippen molar-refractivity contribution in [3.63, 3.8) is 0 Å². The fourth-order valence-electron chi connectivity index (χ4n) is 4.49. The number of pyridine rings is 1. The van der Waals surface area contributed by atoms with Crippen LogP contribution in [-0.4, -0.2) is 52.6 Å². The van der Waals surface area contributed by atoms with Crippen molar-refractivity contribution in [3.8, 4) is 11.5 Å². The lowest BCUT2D eigenvalue weighted by molar-refractivity contribution is -0.140. The molecule has 7 nitrogen and oxygen atoms in total. The second-order valence-electron chi connectivity index (χ2n) is 7.62. The molecule has 0 aromatic carbocycles. The molecule has 0 bridgehead atoms. The molecule has 1 N–H and O–H groups in total. The van der Waals surface area contributed by atoms with Gasteiger partial charge in [0, 0.05) is 43.9 Å². The van der Waals surface area contributed by atoms with E-state index in [-0.39, 0.29) is 30.3 Å². The Balaban J connectivity index is 0.00000192. The van der Waals surface area contributed by atoms with E-state index in [1.54, 1.807) is 12.4 Å². The first kappa shape index (κ1) is 19.4. The van der Waals surface area contributed by atoms with Gasteiger partial charge in [-0.3, -0.25) is 9.78 Å². The van der Waals surface area contributed by atoms with Gasteiger partial charge < -0.3 is 19.4 Å². The van der Waals surface area contributed by atoms with Crippen LogP contribution in [0.2, 0.25) is 0 Å². The van der Waals surface area contributed by atoms with E-state index < -0.39 is 0 Å². The quantitative estimate of drug-likeness (QED) is 0.826. The molecular weight excluding hydrogens is 380 g/mol. The lowest BCUT2D eigenvalue weighted by atomic mass is 9.82. The number of ether oxygens (including phenoxy) is 1.